The van der Waals surface area contributed by atoms with E-state index < -0.39 is 85.3 Å². The fraction of sp³-hybridized carbons (Fsp3) is 0.322. The number of carboxylic acid groups (broad SMARTS) is 1. The van der Waals surface area contributed by atoms with Crippen LogP contribution in [0.2, 0.25) is 0 Å². The van der Waals surface area contributed by atoms with Gasteiger partial charge < -0.3 is 31.3 Å². The first-order chi connectivity index (χ1) is 38.3. The number of fused-ring (bicyclic) bond motifs is 6. The van der Waals surface area contributed by atoms with Gasteiger partial charge in [0.15, 0.2) is 5.71 Å². The third kappa shape index (κ3) is 12.4. The number of allylic oxidation sites excluding steroid dienone is 4. The highest BCUT2D eigenvalue weighted by atomic mass is 32.2. The molecule has 424 valence electrons. The van der Waals surface area contributed by atoms with Crippen LogP contribution in [0.25, 0.3) is 43.8 Å². The van der Waals surface area contributed by atoms with Crippen LogP contribution in [0.3, 0.4) is 0 Å². The number of pyridine rings is 2. The van der Waals surface area contributed by atoms with Crippen LogP contribution in [0.15, 0.2) is 109 Å². The van der Waals surface area contributed by atoms with Gasteiger partial charge in [-0.3, -0.25) is 33.1 Å². The Morgan fingerprint density at radius 2 is 1.11 bits per heavy atom. The summed E-state index contributed by atoms with van der Waals surface area (Å²) in [6.07, 6.45) is 6.91. The van der Waals surface area contributed by atoms with Gasteiger partial charge in [0.25, 0.3) is 43.9 Å². The molecule has 7 N–H and O–H groups in total. The molecule has 2 aliphatic rings. The minimum absolute atomic E-state index is 0.0745. The molecule has 0 fully saturated rings. The van der Waals surface area contributed by atoms with Crippen molar-refractivity contribution in [3.05, 3.63) is 143 Å². The molecule has 0 radical (unpaired) electrons. The summed E-state index contributed by atoms with van der Waals surface area (Å²) in [5, 5.41) is 22.9. The Kier molecular flexibility index (Phi) is 17.1. The van der Waals surface area contributed by atoms with Gasteiger partial charge in [0.05, 0.1) is 28.0 Å². The molecule has 0 saturated heterocycles. The molecule has 0 spiro atoms. The number of amides is 4. The predicted molar refractivity (Wildman–Crippen MR) is 311 cm³/mol. The molecule has 0 saturated carbocycles. The lowest BCUT2D eigenvalue weighted by atomic mass is 9.79. The number of aromatic nitrogens is 2. The zero-order valence-electron chi connectivity index (χ0n) is 46.0. The molecule has 22 heteroatoms. The number of hydrogen-bond acceptors (Lipinski definition) is 12. The van der Waals surface area contributed by atoms with Gasteiger partial charge in [0, 0.05) is 60.7 Å². The minimum atomic E-state index is -4.43. The molecule has 4 heterocycles. The number of nitrogens with zero attached hydrogens (tertiary/aromatic N) is 4. The van der Waals surface area contributed by atoms with E-state index in [1.807, 2.05) is 66.7 Å². The second kappa shape index (κ2) is 23.5. The molecular formula is C59H65N8O12S2+. The first kappa shape index (κ1) is 59.0. The number of rotatable bonds is 21. The Hall–Kier alpha value is -8.18. The maximum absolute atomic E-state index is 13.5. The molecule has 4 amide bonds. The topological polar surface area (TPSA) is 294 Å². The van der Waals surface area contributed by atoms with Crippen molar-refractivity contribution in [3.8, 4) is 22.3 Å². The van der Waals surface area contributed by atoms with Crippen molar-refractivity contribution in [2.45, 2.75) is 72.1 Å². The minimum Gasteiger partial charge on any atom is -0.480 e. The van der Waals surface area contributed by atoms with Crippen LogP contribution in [0.1, 0.15) is 114 Å². The van der Waals surface area contributed by atoms with Gasteiger partial charge >= 0.3 is 5.97 Å². The van der Waals surface area contributed by atoms with E-state index in [2.05, 4.69) is 87.5 Å². The van der Waals surface area contributed by atoms with Crippen molar-refractivity contribution >= 4 is 88.5 Å². The Bertz CT molecular complexity index is 3870. The second-order valence-corrected chi connectivity index (χ2v) is 24.0. The Labute approximate surface area is 470 Å². The van der Waals surface area contributed by atoms with Crippen LogP contribution in [0, 0.1) is 0 Å². The number of anilines is 1. The first-order valence-electron chi connectivity index (χ1n) is 26.5. The molecule has 2 aromatic heterocycles. The molecule has 0 aliphatic carbocycles. The average Bonchev–Trinajstić information content (AvgIpc) is 2.18. The Balaban J connectivity index is 1.27. The number of carbonyl (C=O) groups excluding carboxylic acids is 4. The molecule has 2 aliphatic heterocycles. The standard InChI is InChI=1S/C59H64N8O12S2/c1-8-24-66-49(58(4,5)43-32-41(37-17-11-13-19-39(37)52(43)66)36-30-47(56(72)62-23-27-81(77,78)79)65-48(31-36)57(73)63-34-51(68)69)21-15-22-50-59(6,7)44-33-42(35-28-45(54(70)60-9-2)64-46(29-35)55(71)61-10-3)38-18-12-14-20-40(38)53(44)67(50)25-16-26-80(74,75)76/h11-15,17-22,28-33H,8-10,16,23-27,34H2,1-7H3,(H6-,60,61,62,63,68,69,70,71,72,73,74,75,76,77,78,79)/p+1. The number of nitrogens with one attached hydrogen (secondary N) is 4. The smallest absolute Gasteiger partial charge is 0.322 e. The van der Waals surface area contributed by atoms with E-state index in [1.165, 1.54) is 12.1 Å². The number of carboxylic acids is 1. The largest absolute Gasteiger partial charge is 0.480 e. The van der Waals surface area contributed by atoms with E-state index in [9.17, 15) is 55.0 Å². The van der Waals surface area contributed by atoms with E-state index in [4.69, 9.17) is 0 Å². The molecular weight excluding hydrogens is 1080 g/mol. The van der Waals surface area contributed by atoms with Crippen molar-refractivity contribution in [1.29, 1.82) is 0 Å². The molecule has 0 unspecified atom stereocenters. The molecule has 20 nitrogen and oxygen atoms in total. The molecule has 81 heavy (non-hydrogen) atoms. The summed E-state index contributed by atoms with van der Waals surface area (Å²) in [6.45, 7) is 14.3. The Morgan fingerprint density at radius 1 is 0.630 bits per heavy atom. The molecule has 6 aromatic rings. The number of hydrogen-bond donors (Lipinski definition) is 7. The van der Waals surface area contributed by atoms with Crippen molar-refractivity contribution in [2.75, 3.05) is 55.7 Å². The van der Waals surface area contributed by atoms with Crippen LogP contribution < -0.4 is 26.2 Å². The monoisotopic (exact) mass is 1140 g/mol. The van der Waals surface area contributed by atoms with E-state index >= 15 is 0 Å². The predicted octanol–water partition coefficient (Wildman–Crippen LogP) is 7.35. The van der Waals surface area contributed by atoms with E-state index in [0.29, 0.717) is 36.3 Å². The van der Waals surface area contributed by atoms with E-state index in [1.54, 1.807) is 26.0 Å². The zero-order chi connectivity index (χ0) is 58.8. The molecule has 4 aromatic carbocycles. The summed E-state index contributed by atoms with van der Waals surface area (Å²) in [4.78, 5) is 76.1. The quantitative estimate of drug-likeness (QED) is 0.0274. The van der Waals surface area contributed by atoms with Gasteiger partial charge in [0.1, 0.15) is 35.9 Å². The highest BCUT2D eigenvalue weighted by Crippen LogP contribution is 2.53. The van der Waals surface area contributed by atoms with Crippen LogP contribution in [-0.2, 0) is 35.9 Å². The van der Waals surface area contributed by atoms with Crippen molar-refractivity contribution in [3.63, 3.8) is 0 Å². The summed E-state index contributed by atoms with van der Waals surface area (Å²) >= 11 is 0. The summed E-state index contributed by atoms with van der Waals surface area (Å²) < 4.78 is 68.7. The summed E-state index contributed by atoms with van der Waals surface area (Å²) in [7, 11) is -8.75. The lowest BCUT2D eigenvalue weighted by Gasteiger charge is -2.27. The maximum atomic E-state index is 13.5. The van der Waals surface area contributed by atoms with Crippen LogP contribution in [0.5, 0.6) is 0 Å². The third-order valence-corrected chi connectivity index (χ3v) is 16.0. The maximum Gasteiger partial charge on any atom is 0.322 e. The van der Waals surface area contributed by atoms with Gasteiger partial charge in [-0.15, -0.1) is 0 Å². The number of aliphatic carboxylic acids is 1. The lowest BCUT2D eigenvalue weighted by molar-refractivity contribution is -0.435. The third-order valence-electron chi connectivity index (χ3n) is 14.4. The number of benzene rings is 4. The van der Waals surface area contributed by atoms with Crippen LogP contribution >= 0.6 is 0 Å². The first-order valence-corrected chi connectivity index (χ1v) is 29.7. The van der Waals surface area contributed by atoms with Crippen LogP contribution in [0.4, 0.5) is 11.4 Å². The zero-order valence-corrected chi connectivity index (χ0v) is 47.6. The summed E-state index contributed by atoms with van der Waals surface area (Å²) in [5.41, 5.74) is 5.84. The van der Waals surface area contributed by atoms with Crippen molar-refractivity contribution < 1.29 is 59.6 Å². The normalized spacial score (nSPS) is 15.1. The van der Waals surface area contributed by atoms with Crippen LogP contribution in [-0.4, -0.2) is 132 Å². The number of carbonyl (C=O) groups is 5. The Morgan fingerprint density at radius 3 is 1.62 bits per heavy atom. The summed E-state index contributed by atoms with van der Waals surface area (Å²) in [6, 6.07) is 25.8. The molecule has 0 bridgehead atoms. The summed E-state index contributed by atoms with van der Waals surface area (Å²) in [5.74, 6) is -5.13. The van der Waals surface area contributed by atoms with Crippen molar-refractivity contribution in [2.24, 2.45) is 0 Å². The van der Waals surface area contributed by atoms with Gasteiger partial charge in [-0.1, -0.05) is 69.3 Å². The van der Waals surface area contributed by atoms with E-state index in [-0.39, 0.29) is 35.7 Å². The second-order valence-electron chi connectivity index (χ2n) is 20.8. The molecule has 0 atom stereocenters. The highest BCUT2D eigenvalue weighted by molar-refractivity contribution is 7.86. The van der Waals surface area contributed by atoms with Gasteiger partial charge in [0.2, 0.25) is 5.69 Å². The average molecular weight is 1140 g/mol. The molecule has 8 rings (SSSR count). The SMILES string of the molecule is CCCN1C(=CC=CC2=[N+](CCCS(=O)(=O)O)c3c(cc(-c4cc(C(=O)NCC)nc(C(=O)NCC)c4)c4ccccc34)C2(C)C)C(C)(C)c2cc(-c3cc(C(=O)NCCS(=O)(=O)O)nc(C(=O)NCC(=O)O)c3)c3ccccc3c21. The van der Waals surface area contributed by atoms with E-state index in [0.717, 1.165) is 67.4 Å². The highest BCUT2D eigenvalue weighted by Gasteiger charge is 2.47. The fourth-order valence-electron chi connectivity index (χ4n) is 10.8. The lowest BCUT2D eigenvalue weighted by Crippen LogP contribution is -2.32. The van der Waals surface area contributed by atoms with Gasteiger partial charge in [-0.25, -0.2) is 9.97 Å². The fourth-order valence-corrected chi connectivity index (χ4v) is 11.7. The van der Waals surface area contributed by atoms with Gasteiger partial charge in [-0.05, 0) is 121 Å². The van der Waals surface area contributed by atoms with Crippen molar-refractivity contribution in [1.82, 2.24) is 31.2 Å². The van der Waals surface area contributed by atoms with Gasteiger partial charge in [-0.2, -0.15) is 21.4 Å².